The van der Waals surface area contributed by atoms with Crippen LogP contribution in [0.1, 0.15) is 6.92 Å². The van der Waals surface area contributed by atoms with Gasteiger partial charge in [-0.2, -0.15) is 0 Å². The van der Waals surface area contributed by atoms with Gasteiger partial charge in [-0.05, 0) is 55.5 Å². The highest BCUT2D eigenvalue weighted by molar-refractivity contribution is 14.1. The summed E-state index contributed by atoms with van der Waals surface area (Å²) in [5, 5.41) is 0. The number of carbonyl (C=O) groups is 1. The highest BCUT2D eigenvalue weighted by atomic mass is 127. The summed E-state index contributed by atoms with van der Waals surface area (Å²) >= 11 is 2.03. The molecule has 1 atom stereocenters. The molecule has 1 unspecified atom stereocenters. The molecule has 0 spiro atoms. The number of carbonyl (C=O) groups excluding carboxylic acids is 1. The number of hydrogen-bond acceptors (Lipinski definition) is 4. The Labute approximate surface area is 200 Å². The minimum absolute atomic E-state index is 0.145. The predicted molar refractivity (Wildman–Crippen MR) is 132 cm³/mol. The molecule has 0 saturated carbocycles. The van der Waals surface area contributed by atoms with E-state index in [9.17, 15) is 4.79 Å². The van der Waals surface area contributed by atoms with Crippen LogP contribution in [0.15, 0.2) is 99.6 Å². The molecule has 162 valence electrons. The second-order valence-corrected chi connectivity index (χ2v) is 10.5. The van der Waals surface area contributed by atoms with E-state index < -0.39 is 0 Å². The average molecular weight is 549 g/mol. The summed E-state index contributed by atoms with van der Waals surface area (Å²) < 4.78 is 16.2. The minimum Gasteiger partial charge on any atom is -0.491 e. The van der Waals surface area contributed by atoms with Gasteiger partial charge in [-0.1, -0.05) is 59.0 Å². The van der Waals surface area contributed by atoms with E-state index in [1.54, 1.807) is 6.92 Å². The van der Waals surface area contributed by atoms with Crippen LogP contribution in [0.5, 0.6) is 5.75 Å². The number of esters is 1. The lowest BCUT2D eigenvalue weighted by molar-refractivity contribution is -0.143. The van der Waals surface area contributed by atoms with Gasteiger partial charge in [0.1, 0.15) is 22.9 Å². The maximum Gasteiger partial charge on any atom is 0.318 e. The summed E-state index contributed by atoms with van der Waals surface area (Å²) in [6.45, 7) is 3.32. The molecule has 0 aliphatic rings. The third kappa shape index (κ3) is 7.55. The zero-order valence-electron chi connectivity index (χ0n) is 17.4. The first kappa shape index (κ1) is 23.6. The van der Waals surface area contributed by atoms with Crippen molar-refractivity contribution in [3.8, 4) is 5.75 Å². The lowest BCUT2D eigenvalue weighted by atomic mass is 10.3. The Bertz CT molecular complexity index is 878. The van der Waals surface area contributed by atoms with Crippen LogP contribution in [0.2, 0.25) is 0 Å². The third-order valence-electron chi connectivity index (χ3n) is 4.31. The van der Waals surface area contributed by atoms with Crippen molar-refractivity contribution in [2.75, 3.05) is 26.4 Å². The Morgan fingerprint density at radius 1 is 0.774 bits per heavy atom. The van der Waals surface area contributed by atoms with Gasteiger partial charge in [-0.25, -0.2) is 0 Å². The van der Waals surface area contributed by atoms with Gasteiger partial charge in [0.15, 0.2) is 14.7 Å². The second kappa shape index (κ2) is 12.7. The molecular weight excluding hydrogens is 523 g/mol. The van der Waals surface area contributed by atoms with Crippen LogP contribution in [0.25, 0.3) is 0 Å². The summed E-state index contributed by atoms with van der Waals surface area (Å²) in [6.07, 6.45) is 0. The van der Waals surface area contributed by atoms with Crippen molar-refractivity contribution in [3.63, 3.8) is 0 Å². The van der Waals surface area contributed by atoms with Gasteiger partial charge in [0, 0.05) is 0 Å². The van der Waals surface area contributed by atoms with Crippen molar-refractivity contribution in [1.29, 1.82) is 0 Å². The van der Waals surface area contributed by atoms with E-state index in [0.29, 0.717) is 19.8 Å². The second-order valence-electron chi connectivity index (χ2n) is 6.65. The Morgan fingerprint density at radius 3 is 1.84 bits per heavy atom. The van der Waals surface area contributed by atoms with Crippen molar-refractivity contribution in [1.82, 2.24) is 0 Å². The van der Waals surface area contributed by atoms with Crippen LogP contribution >= 0.6 is 22.6 Å². The summed E-state index contributed by atoms with van der Waals surface area (Å²) in [7, 11) is -0.164. The number of alkyl halides is 1. The van der Waals surface area contributed by atoms with Gasteiger partial charge < -0.3 is 14.2 Å². The highest BCUT2D eigenvalue weighted by Crippen LogP contribution is 2.31. The topological polar surface area (TPSA) is 44.8 Å². The molecule has 0 aliphatic carbocycles. The summed E-state index contributed by atoms with van der Waals surface area (Å²) in [5.74, 6) is 0.591. The minimum atomic E-state index is -0.217. The summed E-state index contributed by atoms with van der Waals surface area (Å²) in [6, 6.07) is 29.4. The number of benzene rings is 3. The number of rotatable bonds is 11. The van der Waals surface area contributed by atoms with Crippen LogP contribution in [-0.2, 0) is 25.2 Å². The van der Waals surface area contributed by atoms with Crippen molar-refractivity contribution < 1.29 is 19.0 Å². The monoisotopic (exact) mass is 549 g/mol. The molecule has 0 bridgehead atoms. The van der Waals surface area contributed by atoms with Crippen LogP contribution in [0, 0.1) is 0 Å². The predicted octanol–water partition coefficient (Wildman–Crippen LogP) is 5.54. The third-order valence-corrected chi connectivity index (χ3v) is 7.05. The zero-order chi connectivity index (χ0) is 21.9. The molecule has 0 aliphatic heterocycles. The van der Waals surface area contributed by atoms with Crippen LogP contribution < -0.4 is 4.74 Å². The Hall–Kier alpha value is -2.03. The van der Waals surface area contributed by atoms with Gasteiger partial charge in [0.05, 0.1) is 24.1 Å². The maximum atomic E-state index is 11.4. The molecule has 0 fully saturated rings. The molecule has 0 N–H and O–H groups in total. The SMILES string of the molecule is CC(I)C(=O)OCCOCCOc1ccc([S+](c2ccccc2)c2ccccc2)cc1. The lowest BCUT2D eigenvalue weighted by Crippen LogP contribution is -2.18. The van der Waals surface area contributed by atoms with E-state index in [1.165, 1.54) is 14.7 Å². The van der Waals surface area contributed by atoms with Gasteiger partial charge in [0.25, 0.3) is 0 Å². The molecule has 3 aromatic rings. The van der Waals surface area contributed by atoms with E-state index in [2.05, 4.69) is 60.7 Å². The average Bonchev–Trinajstić information content (AvgIpc) is 2.81. The van der Waals surface area contributed by atoms with E-state index in [4.69, 9.17) is 14.2 Å². The van der Waals surface area contributed by atoms with E-state index in [-0.39, 0.29) is 27.4 Å². The Balaban J connectivity index is 1.52. The van der Waals surface area contributed by atoms with Crippen LogP contribution in [0.3, 0.4) is 0 Å². The molecule has 0 radical (unpaired) electrons. The molecule has 3 aromatic carbocycles. The van der Waals surface area contributed by atoms with Crippen molar-refractivity contribution in [2.24, 2.45) is 0 Å². The van der Waals surface area contributed by atoms with E-state index >= 15 is 0 Å². The summed E-state index contributed by atoms with van der Waals surface area (Å²) in [5.41, 5.74) is 0. The molecule has 6 heteroatoms. The van der Waals surface area contributed by atoms with Gasteiger partial charge in [-0.3, -0.25) is 4.79 Å². The fourth-order valence-electron chi connectivity index (χ4n) is 2.83. The standard InChI is InChI=1S/C25H26IO4S/c1-20(26)25(27)30-19-17-28-16-18-29-21-12-14-24(15-13-21)31(22-8-4-2-5-9-22)23-10-6-3-7-11-23/h2-15,20H,16-19H2,1H3/q+1. The first-order valence-electron chi connectivity index (χ1n) is 10.1. The Kier molecular flexibility index (Phi) is 9.71. The number of halogens is 1. The fourth-order valence-corrected chi connectivity index (χ4v) is 5.09. The maximum absolute atomic E-state index is 11.4. The van der Waals surface area contributed by atoms with E-state index in [0.717, 1.165) is 5.75 Å². The Morgan fingerprint density at radius 2 is 1.29 bits per heavy atom. The zero-order valence-corrected chi connectivity index (χ0v) is 20.4. The van der Waals surface area contributed by atoms with Crippen LogP contribution in [-0.4, -0.2) is 36.3 Å². The van der Waals surface area contributed by atoms with Crippen LogP contribution in [0.4, 0.5) is 0 Å². The smallest absolute Gasteiger partial charge is 0.318 e. The normalized spacial score (nSPS) is 11.8. The molecular formula is C25H26IO4S+. The molecule has 0 saturated heterocycles. The number of hydrogen-bond donors (Lipinski definition) is 0. The van der Waals surface area contributed by atoms with Crippen molar-refractivity contribution >= 4 is 39.5 Å². The quantitative estimate of drug-likeness (QED) is 0.104. The molecule has 4 nitrogen and oxygen atoms in total. The van der Waals surface area contributed by atoms with Gasteiger partial charge in [-0.15, -0.1) is 0 Å². The molecule has 0 amide bonds. The first-order chi connectivity index (χ1) is 15.1. The van der Waals surface area contributed by atoms with E-state index in [1.807, 2.05) is 46.9 Å². The molecule has 3 rings (SSSR count). The summed E-state index contributed by atoms with van der Waals surface area (Å²) in [4.78, 5) is 15.2. The molecule has 31 heavy (non-hydrogen) atoms. The molecule has 0 aromatic heterocycles. The lowest BCUT2D eigenvalue weighted by Gasteiger charge is -2.10. The van der Waals surface area contributed by atoms with Gasteiger partial charge >= 0.3 is 5.97 Å². The van der Waals surface area contributed by atoms with Crippen molar-refractivity contribution in [3.05, 3.63) is 84.9 Å². The number of ether oxygens (including phenoxy) is 3. The van der Waals surface area contributed by atoms with Gasteiger partial charge in [0.2, 0.25) is 0 Å². The highest BCUT2D eigenvalue weighted by Gasteiger charge is 2.28. The molecule has 0 heterocycles. The largest absolute Gasteiger partial charge is 0.491 e. The fraction of sp³-hybridized carbons (Fsp3) is 0.240. The van der Waals surface area contributed by atoms with Crippen molar-refractivity contribution in [2.45, 2.75) is 25.5 Å². The first-order valence-corrected chi connectivity index (χ1v) is 12.6.